The van der Waals surface area contributed by atoms with Crippen LogP contribution in [0, 0.1) is 5.92 Å². The van der Waals surface area contributed by atoms with E-state index < -0.39 is 0 Å². The Morgan fingerprint density at radius 1 is 1.36 bits per heavy atom. The quantitative estimate of drug-likeness (QED) is 0.581. The predicted octanol–water partition coefficient (Wildman–Crippen LogP) is 2.94. The molecule has 1 heteroatoms. The molecule has 0 atom stereocenters. The van der Waals surface area contributed by atoms with Crippen molar-refractivity contribution in [2.45, 2.75) is 40.0 Å². The van der Waals surface area contributed by atoms with Gasteiger partial charge in [0.2, 0.25) is 0 Å². The lowest BCUT2D eigenvalue weighted by Gasteiger charge is -2.11. The van der Waals surface area contributed by atoms with Crippen molar-refractivity contribution in [1.29, 1.82) is 0 Å². The fourth-order valence-corrected chi connectivity index (χ4v) is 0.828. The monoisotopic (exact) mass is 155 g/mol. The van der Waals surface area contributed by atoms with Gasteiger partial charge in [-0.2, -0.15) is 0 Å². The Kier molecular flexibility index (Phi) is 6.00. The van der Waals surface area contributed by atoms with E-state index in [4.69, 9.17) is 0 Å². The van der Waals surface area contributed by atoms with Crippen LogP contribution in [0.4, 0.5) is 0 Å². The third-order valence-electron chi connectivity index (χ3n) is 1.83. The van der Waals surface area contributed by atoms with Gasteiger partial charge < -0.3 is 5.32 Å². The van der Waals surface area contributed by atoms with E-state index in [1.54, 1.807) is 0 Å². The predicted molar refractivity (Wildman–Crippen MR) is 51.5 cm³/mol. The standard InChI is InChI=1S/C10H21N/c1-5-6-7-8-11-10(4)9(2)3/h9,11H,4-8H2,1-3H3. The molecule has 0 bridgehead atoms. The van der Waals surface area contributed by atoms with Gasteiger partial charge in [-0.3, -0.25) is 0 Å². The molecule has 0 saturated carbocycles. The minimum absolute atomic E-state index is 0.566. The van der Waals surface area contributed by atoms with Gasteiger partial charge in [-0.05, 0) is 12.3 Å². The molecule has 1 nitrogen and oxygen atoms in total. The average molecular weight is 155 g/mol. The van der Waals surface area contributed by atoms with Crippen molar-refractivity contribution in [3.8, 4) is 0 Å². The molecule has 0 heterocycles. The van der Waals surface area contributed by atoms with Crippen LogP contribution in [-0.4, -0.2) is 6.54 Å². The van der Waals surface area contributed by atoms with Gasteiger partial charge in [-0.1, -0.05) is 40.2 Å². The van der Waals surface area contributed by atoms with Gasteiger partial charge >= 0.3 is 0 Å². The second-order valence-corrected chi connectivity index (χ2v) is 3.31. The second-order valence-electron chi connectivity index (χ2n) is 3.31. The lowest BCUT2D eigenvalue weighted by molar-refractivity contribution is 0.613. The first-order valence-corrected chi connectivity index (χ1v) is 4.61. The van der Waals surface area contributed by atoms with Gasteiger partial charge in [-0.25, -0.2) is 0 Å². The maximum absolute atomic E-state index is 3.94. The maximum Gasteiger partial charge on any atom is 0.0143 e. The highest BCUT2D eigenvalue weighted by atomic mass is 14.9. The highest BCUT2D eigenvalue weighted by Gasteiger charge is 1.96. The fourth-order valence-electron chi connectivity index (χ4n) is 0.828. The van der Waals surface area contributed by atoms with E-state index in [2.05, 4.69) is 32.7 Å². The van der Waals surface area contributed by atoms with Crippen molar-refractivity contribution in [3.63, 3.8) is 0 Å². The minimum atomic E-state index is 0.566. The average Bonchev–Trinajstić information content (AvgIpc) is 1.97. The molecule has 0 saturated heterocycles. The van der Waals surface area contributed by atoms with Crippen molar-refractivity contribution < 1.29 is 0 Å². The molecule has 0 amide bonds. The zero-order valence-corrected chi connectivity index (χ0v) is 8.11. The summed E-state index contributed by atoms with van der Waals surface area (Å²) in [4.78, 5) is 0. The summed E-state index contributed by atoms with van der Waals surface area (Å²) >= 11 is 0. The van der Waals surface area contributed by atoms with E-state index in [1.807, 2.05) is 0 Å². The normalized spacial score (nSPS) is 10.2. The Morgan fingerprint density at radius 2 is 2.00 bits per heavy atom. The van der Waals surface area contributed by atoms with E-state index in [0.717, 1.165) is 6.54 Å². The SMILES string of the molecule is C=C(NCCCCC)C(C)C. The van der Waals surface area contributed by atoms with Gasteiger partial charge in [0.05, 0.1) is 0 Å². The highest BCUT2D eigenvalue weighted by Crippen LogP contribution is 2.02. The summed E-state index contributed by atoms with van der Waals surface area (Å²) in [6.07, 6.45) is 3.87. The summed E-state index contributed by atoms with van der Waals surface area (Å²) in [6.45, 7) is 11.6. The molecule has 0 aliphatic carbocycles. The molecule has 0 aliphatic rings. The molecule has 1 N–H and O–H groups in total. The highest BCUT2D eigenvalue weighted by molar-refractivity contribution is 4.93. The minimum Gasteiger partial charge on any atom is -0.389 e. The van der Waals surface area contributed by atoms with Crippen LogP contribution in [-0.2, 0) is 0 Å². The fraction of sp³-hybridized carbons (Fsp3) is 0.800. The van der Waals surface area contributed by atoms with Crippen molar-refractivity contribution in [2.24, 2.45) is 5.92 Å². The van der Waals surface area contributed by atoms with Crippen LogP contribution in [0.3, 0.4) is 0 Å². The molecule has 0 aromatic heterocycles. The Hall–Kier alpha value is -0.460. The van der Waals surface area contributed by atoms with E-state index in [-0.39, 0.29) is 0 Å². The summed E-state index contributed by atoms with van der Waals surface area (Å²) in [6, 6.07) is 0. The number of hydrogen-bond donors (Lipinski definition) is 1. The molecule has 0 aromatic carbocycles. The third-order valence-corrected chi connectivity index (χ3v) is 1.83. The number of unbranched alkanes of at least 4 members (excludes halogenated alkanes) is 2. The largest absolute Gasteiger partial charge is 0.389 e. The van der Waals surface area contributed by atoms with Gasteiger partial charge in [0, 0.05) is 12.2 Å². The first-order chi connectivity index (χ1) is 5.18. The molecule has 0 unspecified atom stereocenters. The molecular formula is C10H21N. The topological polar surface area (TPSA) is 12.0 Å². The molecule has 0 aliphatic heterocycles. The van der Waals surface area contributed by atoms with Gasteiger partial charge in [-0.15, -0.1) is 0 Å². The maximum atomic E-state index is 3.94. The van der Waals surface area contributed by atoms with E-state index in [1.165, 1.54) is 25.0 Å². The van der Waals surface area contributed by atoms with Crippen molar-refractivity contribution in [2.75, 3.05) is 6.54 Å². The van der Waals surface area contributed by atoms with E-state index >= 15 is 0 Å². The zero-order chi connectivity index (χ0) is 8.69. The first kappa shape index (κ1) is 10.5. The number of allylic oxidation sites excluding steroid dienone is 1. The Bertz CT molecular complexity index is 105. The van der Waals surface area contributed by atoms with Gasteiger partial charge in [0.15, 0.2) is 0 Å². The third kappa shape index (κ3) is 5.96. The molecule has 0 radical (unpaired) electrons. The molecule has 0 rings (SSSR count). The van der Waals surface area contributed by atoms with Crippen molar-refractivity contribution in [1.82, 2.24) is 5.32 Å². The van der Waals surface area contributed by atoms with Crippen molar-refractivity contribution in [3.05, 3.63) is 12.3 Å². The zero-order valence-electron chi connectivity index (χ0n) is 8.11. The van der Waals surface area contributed by atoms with Crippen LogP contribution in [0.15, 0.2) is 12.3 Å². The van der Waals surface area contributed by atoms with Crippen LogP contribution in [0.1, 0.15) is 40.0 Å². The van der Waals surface area contributed by atoms with Crippen LogP contribution in [0.2, 0.25) is 0 Å². The van der Waals surface area contributed by atoms with Gasteiger partial charge in [0.25, 0.3) is 0 Å². The van der Waals surface area contributed by atoms with Crippen molar-refractivity contribution >= 4 is 0 Å². The van der Waals surface area contributed by atoms with E-state index in [9.17, 15) is 0 Å². The van der Waals surface area contributed by atoms with Crippen LogP contribution in [0.5, 0.6) is 0 Å². The van der Waals surface area contributed by atoms with E-state index in [0.29, 0.717) is 5.92 Å². The summed E-state index contributed by atoms with van der Waals surface area (Å²) in [5, 5.41) is 3.32. The lowest BCUT2D eigenvalue weighted by atomic mass is 10.1. The molecular weight excluding hydrogens is 134 g/mol. The van der Waals surface area contributed by atoms with Crippen LogP contribution >= 0.6 is 0 Å². The number of rotatable bonds is 6. The molecule has 0 aromatic rings. The van der Waals surface area contributed by atoms with Crippen LogP contribution in [0.25, 0.3) is 0 Å². The van der Waals surface area contributed by atoms with Gasteiger partial charge in [0.1, 0.15) is 0 Å². The van der Waals surface area contributed by atoms with Crippen LogP contribution < -0.4 is 5.32 Å². The lowest BCUT2D eigenvalue weighted by Crippen LogP contribution is -2.17. The number of nitrogens with one attached hydrogen (secondary N) is 1. The smallest absolute Gasteiger partial charge is 0.0143 e. The first-order valence-electron chi connectivity index (χ1n) is 4.61. The second kappa shape index (κ2) is 6.26. The Labute approximate surface area is 70.9 Å². The summed E-state index contributed by atoms with van der Waals surface area (Å²) in [5.41, 5.74) is 1.17. The Morgan fingerprint density at radius 3 is 2.45 bits per heavy atom. The summed E-state index contributed by atoms with van der Waals surface area (Å²) in [5.74, 6) is 0.566. The molecule has 66 valence electrons. The molecule has 0 spiro atoms. The molecule has 11 heavy (non-hydrogen) atoms. The number of hydrogen-bond acceptors (Lipinski definition) is 1. The summed E-state index contributed by atoms with van der Waals surface area (Å²) in [7, 11) is 0. The Balaban J connectivity index is 3.18. The summed E-state index contributed by atoms with van der Waals surface area (Å²) < 4.78 is 0. The molecule has 0 fully saturated rings.